The Balaban J connectivity index is 1.66. The van der Waals surface area contributed by atoms with Gasteiger partial charge in [-0.15, -0.1) is 0 Å². The van der Waals surface area contributed by atoms with E-state index in [4.69, 9.17) is 4.74 Å². The molecule has 0 saturated carbocycles. The molecule has 0 aliphatic rings. The number of imidazole rings is 1. The highest BCUT2D eigenvalue weighted by Gasteiger charge is 2.05. The number of hydrogen-bond acceptors (Lipinski definition) is 3. The number of fused-ring (bicyclic) bond motifs is 1. The predicted octanol–water partition coefficient (Wildman–Crippen LogP) is 3.37. The van der Waals surface area contributed by atoms with Gasteiger partial charge in [-0.2, -0.15) is 0 Å². The zero-order valence-electron chi connectivity index (χ0n) is 11.7. The second kappa shape index (κ2) is 5.83. The van der Waals surface area contributed by atoms with Crippen molar-refractivity contribution < 1.29 is 9.13 Å². The van der Waals surface area contributed by atoms with Gasteiger partial charge in [-0.1, -0.05) is 18.2 Å². The standard InChI is InChI=1S/C16H16FN3O/c1-21-15-5-3-2-4-11(15)8-9-18-16-19-13-7-6-12(17)10-14(13)20-16/h2-7,10H,8-9H2,1H3,(H2,18,19,20). The van der Waals surface area contributed by atoms with E-state index >= 15 is 0 Å². The molecule has 0 amide bonds. The maximum Gasteiger partial charge on any atom is 0.201 e. The van der Waals surface area contributed by atoms with E-state index < -0.39 is 0 Å². The molecule has 0 aliphatic carbocycles. The van der Waals surface area contributed by atoms with Crippen molar-refractivity contribution in [1.29, 1.82) is 0 Å². The predicted molar refractivity (Wildman–Crippen MR) is 81.2 cm³/mol. The molecule has 3 rings (SSSR count). The maximum atomic E-state index is 13.1. The number of para-hydroxylation sites is 1. The van der Waals surface area contributed by atoms with E-state index in [9.17, 15) is 4.39 Å². The van der Waals surface area contributed by atoms with E-state index in [1.54, 1.807) is 13.2 Å². The van der Waals surface area contributed by atoms with Crippen LogP contribution >= 0.6 is 0 Å². The number of nitrogens with zero attached hydrogens (tertiary/aromatic N) is 1. The average molecular weight is 285 g/mol. The first-order valence-electron chi connectivity index (χ1n) is 6.77. The third kappa shape index (κ3) is 2.97. The van der Waals surface area contributed by atoms with Gasteiger partial charge in [-0.05, 0) is 36.2 Å². The molecule has 1 heterocycles. The van der Waals surface area contributed by atoms with Gasteiger partial charge in [0.2, 0.25) is 5.95 Å². The second-order valence-electron chi connectivity index (χ2n) is 4.74. The van der Waals surface area contributed by atoms with Crippen LogP contribution in [-0.2, 0) is 6.42 Å². The van der Waals surface area contributed by atoms with E-state index in [-0.39, 0.29) is 5.82 Å². The summed E-state index contributed by atoms with van der Waals surface area (Å²) in [4.78, 5) is 7.42. The molecule has 0 unspecified atom stereocenters. The zero-order chi connectivity index (χ0) is 14.7. The van der Waals surface area contributed by atoms with Gasteiger partial charge < -0.3 is 15.0 Å². The molecule has 0 fully saturated rings. The molecule has 2 N–H and O–H groups in total. The van der Waals surface area contributed by atoms with Crippen molar-refractivity contribution in [3.05, 3.63) is 53.8 Å². The van der Waals surface area contributed by atoms with Gasteiger partial charge in [0.1, 0.15) is 11.6 Å². The summed E-state index contributed by atoms with van der Waals surface area (Å²) >= 11 is 0. The van der Waals surface area contributed by atoms with Gasteiger partial charge in [0.25, 0.3) is 0 Å². The van der Waals surface area contributed by atoms with Crippen LogP contribution in [0.1, 0.15) is 5.56 Å². The van der Waals surface area contributed by atoms with Crippen LogP contribution in [-0.4, -0.2) is 23.6 Å². The lowest BCUT2D eigenvalue weighted by Gasteiger charge is -2.08. The average Bonchev–Trinajstić information content (AvgIpc) is 2.89. The van der Waals surface area contributed by atoms with Crippen molar-refractivity contribution in [1.82, 2.24) is 9.97 Å². The summed E-state index contributed by atoms with van der Waals surface area (Å²) in [5.74, 6) is 1.25. The van der Waals surface area contributed by atoms with Crippen molar-refractivity contribution in [2.45, 2.75) is 6.42 Å². The fraction of sp³-hybridized carbons (Fsp3) is 0.188. The number of ether oxygens (including phenoxy) is 1. The van der Waals surface area contributed by atoms with Crippen LogP contribution in [0.2, 0.25) is 0 Å². The third-order valence-corrected chi connectivity index (χ3v) is 3.32. The minimum atomic E-state index is -0.272. The first kappa shape index (κ1) is 13.4. The van der Waals surface area contributed by atoms with Crippen molar-refractivity contribution in [3.63, 3.8) is 0 Å². The van der Waals surface area contributed by atoms with E-state index in [1.807, 2.05) is 24.3 Å². The highest BCUT2D eigenvalue weighted by atomic mass is 19.1. The van der Waals surface area contributed by atoms with Crippen LogP contribution in [0.15, 0.2) is 42.5 Å². The molecule has 0 aliphatic heterocycles. The first-order chi connectivity index (χ1) is 10.3. The number of anilines is 1. The number of benzene rings is 2. The number of aromatic amines is 1. The number of rotatable bonds is 5. The topological polar surface area (TPSA) is 49.9 Å². The largest absolute Gasteiger partial charge is 0.496 e. The smallest absolute Gasteiger partial charge is 0.201 e. The van der Waals surface area contributed by atoms with Gasteiger partial charge in [-0.3, -0.25) is 0 Å². The normalized spacial score (nSPS) is 10.8. The molecule has 0 atom stereocenters. The highest BCUT2D eigenvalue weighted by molar-refractivity contribution is 5.77. The molecule has 108 valence electrons. The van der Waals surface area contributed by atoms with Crippen LogP contribution in [0.25, 0.3) is 11.0 Å². The molecule has 0 bridgehead atoms. The minimum absolute atomic E-state index is 0.272. The van der Waals surface area contributed by atoms with Crippen LogP contribution in [0.4, 0.5) is 10.3 Å². The van der Waals surface area contributed by atoms with Crippen molar-refractivity contribution in [2.75, 3.05) is 19.0 Å². The van der Waals surface area contributed by atoms with E-state index in [1.165, 1.54) is 12.1 Å². The molecule has 21 heavy (non-hydrogen) atoms. The molecule has 5 heteroatoms. The Morgan fingerprint density at radius 3 is 2.95 bits per heavy atom. The zero-order valence-corrected chi connectivity index (χ0v) is 11.7. The molecule has 0 saturated heterocycles. The molecule has 2 aromatic carbocycles. The number of nitrogens with one attached hydrogen (secondary N) is 2. The fourth-order valence-corrected chi connectivity index (χ4v) is 2.29. The van der Waals surface area contributed by atoms with E-state index in [0.29, 0.717) is 18.0 Å². The molecular weight excluding hydrogens is 269 g/mol. The number of H-pyrrole nitrogens is 1. The molecular formula is C16H16FN3O. The SMILES string of the molecule is COc1ccccc1CCNc1nc2ccc(F)cc2[nH]1. The Hall–Kier alpha value is -2.56. The Morgan fingerprint density at radius 1 is 1.24 bits per heavy atom. The van der Waals surface area contributed by atoms with E-state index in [2.05, 4.69) is 15.3 Å². The van der Waals surface area contributed by atoms with Gasteiger partial charge >= 0.3 is 0 Å². The Labute approximate surface area is 122 Å². The van der Waals surface area contributed by atoms with Gasteiger partial charge in [0, 0.05) is 6.54 Å². The summed E-state index contributed by atoms with van der Waals surface area (Å²) in [6.45, 7) is 0.711. The Bertz CT molecular complexity index is 754. The molecule has 4 nitrogen and oxygen atoms in total. The number of methoxy groups -OCH3 is 1. The van der Waals surface area contributed by atoms with Crippen LogP contribution in [0.5, 0.6) is 5.75 Å². The second-order valence-corrected chi connectivity index (χ2v) is 4.74. The number of hydrogen-bond donors (Lipinski definition) is 2. The Morgan fingerprint density at radius 2 is 2.10 bits per heavy atom. The monoisotopic (exact) mass is 285 g/mol. The highest BCUT2D eigenvalue weighted by Crippen LogP contribution is 2.18. The lowest BCUT2D eigenvalue weighted by molar-refractivity contribution is 0.410. The van der Waals surface area contributed by atoms with Crippen LogP contribution < -0.4 is 10.1 Å². The fourth-order valence-electron chi connectivity index (χ4n) is 2.29. The summed E-state index contributed by atoms with van der Waals surface area (Å²) in [7, 11) is 1.67. The van der Waals surface area contributed by atoms with Gasteiger partial charge in [-0.25, -0.2) is 9.37 Å². The van der Waals surface area contributed by atoms with E-state index in [0.717, 1.165) is 23.3 Å². The maximum absolute atomic E-state index is 13.1. The van der Waals surface area contributed by atoms with Crippen LogP contribution in [0.3, 0.4) is 0 Å². The third-order valence-electron chi connectivity index (χ3n) is 3.32. The molecule has 1 aromatic heterocycles. The lowest BCUT2D eigenvalue weighted by Crippen LogP contribution is -2.06. The number of halogens is 1. The van der Waals surface area contributed by atoms with Crippen LogP contribution in [0, 0.1) is 5.82 Å². The van der Waals surface area contributed by atoms with Gasteiger partial charge in [0.05, 0.1) is 18.1 Å². The number of aromatic nitrogens is 2. The quantitative estimate of drug-likeness (QED) is 0.755. The Kier molecular flexibility index (Phi) is 3.73. The van der Waals surface area contributed by atoms with Crippen molar-refractivity contribution in [3.8, 4) is 5.75 Å². The molecule has 0 spiro atoms. The summed E-state index contributed by atoms with van der Waals surface area (Å²) in [6.07, 6.45) is 0.815. The first-order valence-corrected chi connectivity index (χ1v) is 6.77. The minimum Gasteiger partial charge on any atom is -0.496 e. The molecule has 0 radical (unpaired) electrons. The van der Waals surface area contributed by atoms with Gasteiger partial charge in [0.15, 0.2) is 0 Å². The summed E-state index contributed by atoms with van der Waals surface area (Å²) < 4.78 is 18.4. The van der Waals surface area contributed by atoms with Crippen molar-refractivity contribution in [2.24, 2.45) is 0 Å². The summed E-state index contributed by atoms with van der Waals surface area (Å²) in [6, 6.07) is 12.4. The lowest BCUT2D eigenvalue weighted by atomic mass is 10.1. The van der Waals surface area contributed by atoms with Crippen molar-refractivity contribution >= 4 is 17.0 Å². The summed E-state index contributed by atoms with van der Waals surface area (Å²) in [5, 5.41) is 3.21. The molecule has 3 aromatic rings. The summed E-state index contributed by atoms with van der Waals surface area (Å²) in [5.41, 5.74) is 2.57.